The van der Waals surface area contributed by atoms with Gasteiger partial charge in [0.15, 0.2) is 12.4 Å². The minimum absolute atomic E-state index is 0.0342. The molecule has 0 saturated carbocycles. The fourth-order valence-corrected chi connectivity index (χ4v) is 2.80. The summed E-state index contributed by atoms with van der Waals surface area (Å²) in [7, 11) is 0. The molecule has 0 aliphatic heterocycles. The third kappa shape index (κ3) is 5.52. The van der Waals surface area contributed by atoms with Crippen LogP contribution in [0.5, 0.6) is 5.88 Å². The van der Waals surface area contributed by atoms with Gasteiger partial charge in [-0.1, -0.05) is 42.7 Å². The second-order valence-electron chi connectivity index (χ2n) is 6.98. The lowest BCUT2D eigenvalue weighted by Gasteiger charge is -2.13. The molecule has 7 nitrogen and oxygen atoms in total. The standard InChI is InChI=1S/C20H18ClF3N4O3/c1-10(2)16-27-18(31-28-16)13-6-4-5-11(3)15(13)26-17(29)12-7-14(21)19(25-8-12)30-9-20(22,23)24/h4-8,10H,9H2,1-3H3,(H,26,29). The Morgan fingerprint density at radius 2 is 2.06 bits per heavy atom. The molecule has 0 atom stereocenters. The van der Waals surface area contributed by atoms with E-state index in [-0.39, 0.29) is 22.4 Å². The smallest absolute Gasteiger partial charge is 0.422 e. The maximum atomic E-state index is 12.7. The van der Waals surface area contributed by atoms with E-state index in [1.54, 1.807) is 25.1 Å². The largest absolute Gasteiger partial charge is 0.467 e. The molecule has 0 aliphatic rings. The summed E-state index contributed by atoms with van der Waals surface area (Å²) in [6, 6.07) is 6.47. The Kier molecular flexibility index (Phi) is 6.49. The van der Waals surface area contributed by atoms with E-state index < -0.39 is 24.6 Å². The van der Waals surface area contributed by atoms with Crippen molar-refractivity contribution in [2.24, 2.45) is 0 Å². The molecule has 0 fully saturated rings. The third-order valence-electron chi connectivity index (χ3n) is 4.14. The zero-order valence-corrected chi connectivity index (χ0v) is 17.5. The number of hydrogen-bond donors (Lipinski definition) is 1. The van der Waals surface area contributed by atoms with Crippen molar-refractivity contribution in [2.45, 2.75) is 32.9 Å². The van der Waals surface area contributed by atoms with E-state index >= 15 is 0 Å². The highest BCUT2D eigenvalue weighted by Gasteiger charge is 2.29. The Morgan fingerprint density at radius 3 is 2.68 bits per heavy atom. The predicted molar refractivity (Wildman–Crippen MR) is 107 cm³/mol. The first-order chi connectivity index (χ1) is 14.5. The van der Waals surface area contributed by atoms with Gasteiger partial charge in [-0.05, 0) is 24.6 Å². The number of benzene rings is 1. The van der Waals surface area contributed by atoms with E-state index in [1.165, 1.54) is 6.07 Å². The van der Waals surface area contributed by atoms with Crippen molar-refractivity contribution in [3.8, 4) is 17.3 Å². The van der Waals surface area contributed by atoms with Crippen LogP contribution in [0.15, 0.2) is 35.0 Å². The monoisotopic (exact) mass is 454 g/mol. The van der Waals surface area contributed by atoms with Crippen molar-refractivity contribution < 1.29 is 27.2 Å². The molecule has 2 aromatic heterocycles. The third-order valence-corrected chi connectivity index (χ3v) is 4.41. The van der Waals surface area contributed by atoms with Crippen molar-refractivity contribution in [1.29, 1.82) is 0 Å². The maximum Gasteiger partial charge on any atom is 0.422 e. The summed E-state index contributed by atoms with van der Waals surface area (Å²) >= 11 is 5.93. The molecule has 0 radical (unpaired) electrons. The van der Waals surface area contributed by atoms with Crippen molar-refractivity contribution in [1.82, 2.24) is 15.1 Å². The first kappa shape index (κ1) is 22.5. The zero-order valence-electron chi connectivity index (χ0n) is 16.7. The van der Waals surface area contributed by atoms with Gasteiger partial charge in [0.05, 0.1) is 16.8 Å². The zero-order chi connectivity index (χ0) is 22.8. The highest BCUT2D eigenvalue weighted by Crippen LogP contribution is 2.31. The van der Waals surface area contributed by atoms with Gasteiger partial charge < -0.3 is 14.6 Å². The molecule has 2 heterocycles. The van der Waals surface area contributed by atoms with Crippen LogP contribution in [0, 0.1) is 6.92 Å². The number of aromatic nitrogens is 3. The van der Waals surface area contributed by atoms with E-state index in [4.69, 9.17) is 16.1 Å². The number of amides is 1. The van der Waals surface area contributed by atoms with Gasteiger partial charge in [0.25, 0.3) is 11.8 Å². The normalized spacial score (nSPS) is 11.6. The molecule has 1 N–H and O–H groups in total. The lowest BCUT2D eigenvalue weighted by Crippen LogP contribution is -2.20. The van der Waals surface area contributed by atoms with Gasteiger partial charge in [-0.2, -0.15) is 18.2 Å². The summed E-state index contributed by atoms with van der Waals surface area (Å²) in [4.78, 5) is 20.8. The molecule has 3 aromatic rings. The summed E-state index contributed by atoms with van der Waals surface area (Å²) in [6.45, 7) is 4.09. The molecule has 1 amide bonds. The first-order valence-corrected chi connectivity index (χ1v) is 9.53. The number of pyridine rings is 1. The Labute approximate surface area is 180 Å². The van der Waals surface area contributed by atoms with Crippen LogP contribution in [-0.2, 0) is 0 Å². The number of nitrogens with one attached hydrogen (secondary N) is 1. The number of carbonyl (C=O) groups excluding carboxylic acids is 1. The van der Waals surface area contributed by atoms with Crippen LogP contribution in [0.1, 0.15) is 41.5 Å². The van der Waals surface area contributed by atoms with E-state index in [0.717, 1.165) is 11.8 Å². The van der Waals surface area contributed by atoms with Crippen LogP contribution in [0.3, 0.4) is 0 Å². The van der Waals surface area contributed by atoms with Crippen LogP contribution in [0.25, 0.3) is 11.5 Å². The van der Waals surface area contributed by atoms with E-state index in [1.807, 2.05) is 13.8 Å². The molecule has 31 heavy (non-hydrogen) atoms. The number of ether oxygens (including phenoxy) is 1. The van der Waals surface area contributed by atoms with Gasteiger partial charge in [0, 0.05) is 12.1 Å². The SMILES string of the molecule is Cc1cccc(-c2nc(C(C)C)no2)c1NC(=O)c1cnc(OCC(F)(F)F)c(Cl)c1. The molecule has 164 valence electrons. The number of hydrogen-bond acceptors (Lipinski definition) is 6. The summed E-state index contributed by atoms with van der Waals surface area (Å²) < 4.78 is 46.8. The molecular weight excluding hydrogens is 437 g/mol. The number of aryl methyl sites for hydroxylation is 1. The van der Waals surface area contributed by atoms with Gasteiger partial charge in [-0.3, -0.25) is 4.79 Å². The van der Waals surface area contributed by atoms with E-state index in [9.17, 15) is 18.0 Å². The number of anilines is 1. The molecule has 3 rings (SSSR count). The predicted octanol–water partition coefficient (Wildman–Crippen LogP) is 5.41. The van der Waals surface area contributed by atoms with Crippen molar-refractivity contribution >= 4 is 23.2 Å². The van der Waals surface area contributed by atoms with Crippen molar-refractivity contribution in [2.75, 3.05) is 11.9 Å². The summed E-state index contributed by atoms with van der Waals surface area (Å²) in [5, 5.41) is 6.46. The molecule has 0 saturated heterocycles. The van der Waals surface area contributed by atoms with Gasteiger partial charge >= 0.3 is 6.18 Å². The minimum atomic E-state index is -4.54. The van der Waals surface area contributed by atoms with E-state index in [0.29, 0.717) is 17.1 Å². The Morgan fingerprint density at radius 1 is 1.32 bits per heavy atom. The average molecular weight is 455 g/mol. The van der Waals surface area contributed by atoms with Crippen LogP contribution in [0.2, 0.25) is 5.02 Å². The van der Waals surface area contributed by atoms with Crippen LogP contribution < -0.4 is 10.1 Å². The summed E-state index contributed by atoms with van der Waals surface area (Å²) in [6.07, 6.45) is -3.46. The Hall–Kier alpha value is -3.14. The maximum absolute atomic E-state index is 12.7. The minimum Gasteiger partial charge on any atom is -0.467 e. The molecule has 0 bridgehead atoms. The van der Waals surface area contributed by atoms with Crippen LogP contribution in [0.4, 0.5) is 18.9 Å². The second-order valence-corrected chi connectivity index (χ2v) is 7.39. The lowest BCUT2D eigenvalue weighted by atomic mass is 10.1. The number of nitrogens with zero attached hydrogens (tertiary/aromatic N) is 3. The van der Waals surface area contributed by atoms with Gasteiger partial charge in [0.2, 0.25) is 5.88 Å². The molecule has 1 aromatic carbocycles. The van der Waals surface area contributed by atoms with E-state index in [2.05, 4.69) is 25.2 Å². The second kappa shape index (κ2) is 8.93. The quantitative estimate of drug-likeness (QED) is 0.535. The molecule has 0 spiro atoms. The fraction of sp³-hybridized carbons (Fsp3) is 0.300. The van der Waals surface area contributed by atoms with Crippen LogP contribution >= 0.6 is 11.6 Å². The Balaban J connectivity index is 1.84. The highest BCUT2D eigenvalue weighted by atomic mass is 35.5. The number of para-hydroxylation sites is 1. The number of halogens is 4. The number of carbonyl (C=O) groups is 1. The molecular formula is C20H18ClF3N4O3. The van der Waals surface area contributed by atoms with Crippen molar-refractivity contribution in [3.05, 3.63) is 52.4 Å². The summed E-state index contributed by atoms with van der Waals surface area (Å²) in [5.74, 6) is -0.157. The Bertz CT molecular complexity index is 1100. The van der Waals surface area contributed by atoms with Gasteiger partial charge in [-0.15, -0.1) is 0 Å². The topological polar surface area (TPSA) is 90.1 Å². The lowest BCUT2D eigenvalue weighted by molar-refractivity contribution is -0.154. The molecule has 0 aliphatic carbocycles. The number of alkyl halides is 3. The highest BCUT2D eigenvalue weighted by molar-refractivity contribution is 6.32. The molecule has 11 heteroatoms. The first-order valence-electron chi connectivity index (χ1n) is 9.15. The molecule has 0 unspecified atom stereocenters. The summed E-state index contributed by atoms with van der Waals surface area (Å²) in [5.41, 5.74) is 1.74. The number of rotatable bonds is 6. The van der Waals surface area contributed by atoms with Crippen molar-refractivity contribution in [3.63, 3.8) is 0 Å². The van der Waals surface area contributed by atoms with Gasteiger partial charge in [-0.25, -0.2) is 4.98 Å². The average Bonchev–Trinajstić information content (AvgIpc) is 3.18. The van der Waals surface area contributed by atoms with Crippen LogP contribution in [-0.4, -0.2) is 33.8 Å². The fourth-order valence-electron chi connectivity index (χ4n) is 2.58. The van der Waals surface area contributed by atoms with Gasteiger partial charge in [0.1, 0.15) is 5.02 Å².